The van der Waals surface area contributed by atoms with Crippen LogP contribution in [-0.4, -0.2) is 22.0 Å². The molecule has 6 heteroatoms. The molecule has 2 aliphatic heterocycles. The molecule has 0 saturated heterocycles. The number of nitrogens with two attached hydrogens (primary N) is 1. The lowest BCUT2D eigenvalue weighted by Gasteiger charge is -2.50. The molecule has 0 radical (unpaired) electrons. The van der Waals surface area contributed by atoms with Gasteiger partial charge in [-0.25, -0.2) is 4.98 Å². The zero-order valence-electron chi connectivity index (χ0n) is 15.0. The maximum atomic E-state index is 14.3. The van der Waals surface area contributed by atoms with E-state index in [1.807, 2.05) is 18.2 Å². The maximum absolute atomic E-state index is 14.3. The van der Waals surface area contributed by atoms with Crippen molar-refractivity contribution in [2.45, 2.75) is 43.7 Å². The Balaban J connectivity index is 1.70. The minimum atomic E-state index is -0.457. The Morgan fingerprint density at radius 1 is 1.22 bits per heavy atom. The standard InChI is InChI=1S/C21H22FN3OS/c22-19-14(4-3-10-24-19)13-7-8-18-16(12-13)21(9-11-27-20(23)25-21)15-5-1-2-6-17(15)26-18/h3-4,7-8,10,12,15,17H,1-2,5-6,9,11H2,(H2,23,25)/t15?,17-,21+/m1/s1. The first kappa shape index (κ1) is 17.0. The molecule has 1 saturated carbocycles. The molecule has 1 unspecified atom stereocenters. The summed E-state index contributed by atoms with van der Waals surface area (Å²) in [4.78, 5) is 8.82. The maximum Gasteiger partial charge on any atom is 0.220 e. The Morgan fingerprint density at radius 3 is 2.96 bits per heavy atom. The van der Waals surface area contributed by atoms with E-state index in [1.54, 1.807) is 23.9 Å². The van der Waals surface area contributed by atoms with Crippen molar-refractivity contribution in [1.29, 1.82) is 0 Å². The van der Waals surface area contributed by atoms with Gasteiger partial charge in [-0.2, -0.15) is 4.39 Å². The number of aromatic nitrogens is 1. The minimum absolute atomic E-state index is 0.187. The first-order chi connectivity index (χ1) is 13.2. The second-order valence-corrected chi connectivity index (χ2v) is 8.69. The molecule has 0 amide bonds. The molecular formula is C21H22FN3OS. The van der Waals surface area contributed by atoms with Crippen molar-refractivity contribution in [3.05, 3.63) is 48.0 Å². The van der Waals surface area contributed by atoms with Gasteiger partial charge < -0.3 is 10.5 Å². The van der Waals surface area contributed by atoms with E-state index >= 15 is 0 Å². The summed E-state index contributed by atoms with van der Waals surface area (Å²) in [6.07, 6.45) is 7.14. The smallest absolute Gasteiger partial charge is 0.220 e. The fourth-order valence-corrected chi connectivity index (χ4v) is 5.80. The van der Waals surface area contributed by atoms with Gasteiger partial charge in [0.2, 0.25) is 5.95 Å². The van der Waals surface area contributed by atoms with Crippen LogP contribution < -0.4 is 10.5 Å². The van der Waals surface area contributed by atoms with Gasteiger partial charge in [0.05, 0.1) is 5.54 Å². The molecule has 2 N–H and O–H groups in total. The zero-order chi connectivity index (χ0) is 18.4. The van der Waals surface area contributed by atoms with Crippen LogP contribution >= 0.6 is 11.8 Å². The number of nitrogens with zero attached hydrogens (tertiary/aromatic N) is 2. The van der Waals surface area contributed by atoms with E-state index in [4.69, 9.17) is 15.5 Å². The van der Waals surface area contributed by atoms with Crippen molar-refractivity contribution < 1.29 is 9.13 Å². The Bertz CT molecular complexity index is 918. The van der Waals surface area contributed by atoms with Gasteiger partial charge >= 0.3 is 0 Å². The van der Waals surface area contributed by atoms with Crippen LogP contribution in [0.2, 0.25) is 0 Å². The quantitative estimate of drug-likeness (QED) is 0.737. The Morgan fingerprint density at radius 2 is 2.11 bits per heavy atom. The molecule has 1 fully saturated rings. The number of thioether (sulfide) groups is 1. The van der Waals surface area contributed by atoms with Gasteiger partial charge in [-0.3, -0.25) is 4.99 Å². The second kappa shape index (κ2) is 6.51. The number of hydrogen-bond donors (Lipinski definition) is 1. The third kappa shape index (κ3) is 2.73. The molecule has 1 aromatic heterocycles. The summed E-state index contributed by atoms with van der Waals surface area (Å²) in [7, 11) is 0. The van der Waals surface area contributed by atoms with Gasteiger partial charge in [-0.1, -0.05) is 24.2 Å². The van der Waals surface area contributed by atoms with Crippen molar-refractivity contribution in [3.8, 4) is 16.9 Å². The van der Waals surface area contributed by atoms with Crippen LogP contribution in [0.5, 0.6) is 5.75 Å². The third-order valence-electron chi connectivity index (χ3n) is 6.15. The predicted molar refractivity (Wildman–Crippen MR) is 106 cm³/mol. The van der Waals surface area contributed by atoms with Crippen molar-refractivity contribution >= 4 is 16.9 Å². The van der Waals surface area contributed by atoms with E-state index in [9.17, 15) is 4.39 Å². The zero-order valence-corrected chi connectivity index (χ0v) is 15.8. The van der Waals surface area contributed by atoms with Crippen molar-refractivity contribution in [3.63, 3.8) is 0 Å². The van der Waals surface area contributed by atoms with E-state index in [0.717, 1.165) is 41.9 Å². The minimum Gasteiger partial charge on any atom is -0.490 e. The van der Waals surface area contributed by atoms with Crippen molar-refractivity contribution in [1.82, 2.24) is 4.98 Å². The van der Waals surface area contributed by atoms with Crippen molar-refractivity contribution in [2.75, 3.05) is 5.75 Å². The van der Waals surface area contributed by atoms with Crippen LogP contribution in [0.3, 0.4) is 0 Å². The SMILES string of the molecule is NC1=N[C@]2(CCS1)c1cc(-c3cccnc3F)ccc1O[C@@H]1CCCCC12. The number of benzene rings is 1. The summed E-state index contributed by atoms with van der Waals surface area (Å²) in [5.41, 5.74) is 8.20. The van der Waals surface area contributed by atoms with E-state index in [-0.39, 0.29) is 11.6 Å². The van der Waals surface area contributed by atoms with Crippen LogP contribution in [0, 0.1) is 11.9 Å². The molecule has 27 heavy (non-hydrogen) atoms. The highest BCUT2D eigenvalue weighted by Gasteiger charge is 2.51. The Kier molecular flexibility index (Phi) is 4.11. The Labute approximate surface area is 162 Å². The molecular weight excluding hydrogens is 361 g/mol. The average Bonchev–Trinajstić information content (AvgIpc) is 2.69. The number of hydrogen-bond acceptors (Lipinski definition) is 5. The summed E-state index contributed by atoms with van der Waals surface area (Å²) in [6.45, 7) is 0. The molecule has 3 aliphatic rings. The lowest BCUT2D eigenvalue weighted by molar-refractivity contribution is 0.0158. The topological polar surface area (TPSA) is 60.5 Å². The van der Waals surface area contributed by atoms with Crippen LogP contribution in [0.15, 0.2) is 41.5 Å². The van der Waals surface area contributed by atoms with Gasteiger partial charge in [0, 0.05) is 29.0 Å². The van der Waals surface area contributed by atoms with Gasteiger partial charge in [0.1, 0.15) is 11.9 Å². The van der Waals surface area contributed by atoms with Crippen molar-refractivity contribution in [2.24, 2.45) is 16.6 Å². The van der Waals surface area contributed by atoms with Crippen LogP contribution in [-0.2, 0) is 5.54 Å². The summed E-state index contributed by atoms with van der Waals surface area (Å²) >= 11 is 1.62. The van der Waals surface area contributed by atoms with Gasteiger partial charge in [-0.05, 0) is 55.5 Å². The molecule has 140 valence electrons. The predicted octanol–water partition coefficient (Wildman–Crippen LogP) is 4.49. The lowest BCUT2D eigenvalue weighted by atomic mass is 9.66. The third-order valence-corrected chi connectivity index (χ3v) is 6.95. The fraction of sp³-hybridized carbons (Fsp3) is 0.429. The van der Waals surface area contributed by atoms with Crippen LogP contribution in [0.4, 0.5) is 4.39 Å². The molecule has 5 rings (SSSR count). The largest absolute Gasteiger partial charge is 0.490 e. The van der Waals surface area contributed by atoms with E-state index in [2.05, 4.69) is 4.98 Å². The molecule has 2 aromatic rings. The summed E-state index contributed by atoms with van der Waals surface area (Å²) < 4.78 is 20.7. The highest BCUT2D eigenvalue weighted by atomic mass is 32.2. The number of halogens is 1. The fourth-order valence-electron chi connectivity index (χ4n) is 4.95. The van der Waals surface area contributed by atoms with Gasteiger partial charge in [0.15, 0.2) is 5.17 Å². The summed E-state index contributed by atoms with van der Waals surface area (Å²) in [6, 6.07) is 9.46. The number of amidine groups is 1. The van der Waals surface area contributed by atoms with Crippen LogP contribution in [0.25, 0.3) is 11.1 Å². The second-order valence-electron chi connectivity index (χ2n) is 7.57. The monoisotopic (exact) mass is 383 g/mol. The molecule has 3 heterocycles. The van der Waals surface area contributed by atoms with Gasteiger partial charge in [0.25, 0.3) is 0 Å². The number of rotatable bonds is 1. The highest BCUT2D eigenvalue weighted by Crippen LogP contribution is 2.54. The summed E-state index contributed by atoms with van der Waals surface area (Å²) in [5, 5.41) is 0.649. The molecule has 1 aliphatic carbocycles. The number of aliphatic imine (C=N–C) groups is 1. The molecule has 3 atom stereocenters. The summed E-state index contributed by atoms with van der Waals surface area (Å²) in [5.74, 6) is 1.69. The van der Waals surface area contributed by atoms with E-state index in [0.29, 0.717) is 16.6 Å². The normalized spacial score (nSPS) is 29.4. The number of fused-ring (bicyclic) bond motifs is 4. The number of pyridine rings is 1. The molecule has 4 nitrogen and oxygen atoms in total. The van der Waals surface area contributed by atoms with Gasteiger partial charge in [-0.15, -0.1) is 0 Å². The van der Waals surface area contributed by atoms with E-state index < -0.39 is 5.95 Å². The number of ether oxygens (including phenoxy) is 1. The highest BCUT2D eigenvalue weighted by molar-refractivity contribution is 8.13. The first-order valence-corrected chi connectivity index (χ1v) is 10.6. The van der Waals surface area contributed by atoms with E-state index in [1.165, 1.54) is 19.0 Å². The molecule has 0 bridgehead atoms. The van der Waals surface area contributed by atoms with Crippen LogP contribution in [0.1, 0.15) is 37.7 Å². The molecule has 1 spiro atoms. The molecule has 1 aromatic carbocycles. The lowest BCUT2D eigenvalue weighted by Crippen LogP contribution is -2.50. The Hall–Kier alpha value is -2.08. The first-order valence-electron chi connectivity index (χ1n) is 9.57. The average molecular weight is 383 g/mol.